The predicted molar refractivity (Wildman–Crippen MR) is 192 cm³/mol. The van der Waals surface area contributed by atoms with Crippen LogP contribution in [0.4, 0.5) is 0 Å². The lowest BCUT2D eigenvalue weighted by atomic mass is 10.0. The second-order valence-corrected chi connectivity index (χ2v) is 12.0. The Balaban J connectivity index is 1.20. The summed E-state index contributed by atoms with van der Waals surface area (Å²) in [5, 5.41) is 51.0. The van der Waals surface area contributed by atoms with Gasteiger partial charge in [0.15, 0.2) is 23.0 Å². The van der Waals surface area contributed by atoms with E-state index in [4.69, 9.17) is 0 Å². The number of nitrogens with one attached hydrogen (secondary N) is 4. The van der Waals surface area contributed by atoms with Gasteiger partial charge >= 0.3 is 0 Å². The Morgan fingerprint density at radius 2 is 0.808 bits per heavy atom. The average Bonchev–Trinajstić information content (AvgIpc) is 3.15. The Hall–Kier alpha value is -6.82. The highest BCUT2D eigenvalue weighted by molar-refractivity contribution is 6.01. The van der Waals surface area contributed by atoms with Crippen LogP contribution in [-0.2, 0) is 35.5 Å². The molecule has 12 heteroatoms. The summed E-state index contributed by atoms with van der Waals surface area (Å²) in [6, 6.07) is 31.4. The zero-order valence-electron chi connectivity index (χ0n) is 28.0. The third-order valence-corrected chi connectivity index (χ3v) is 8.28. The Morgan fingerprint density at radius 1 is 0.442 bits per heavy atom. The van der Waals surface area contributed by atoms with E-state index in [0.717, 1.165) is 22.3 Å². The maximum absolute atomic E-state index is 13.3. The maximum Gasteiger partial charge on any atom is 0.255 e. The van der Waals surface area contributed by atoms with Gasteiger partial charge in [-0.05, 0) is 46.5 Å². The van der Waals surface area contributed by atoms with Crippen LogP contribution in [0.2, 0.25) is 0 Å². The van der Waals surface area contributed by atoms with E-state index in [1.165, 1.54) is 36.4 Å². The summed E-state index contributed by atoms with van der Waals surface area (Å²) in [6.07, 6.45) is 0.356. The third kappa shape index (κ3) is 9.66. The van der Waals surface area contributed by atoms with Crippen molar-refractivity contribution in [3.05, 3.63) is 155 Å². The largest absolute Gasteiger partial charge is 0.504 e. The van der Waals surface area contributed by atoms with Gasteiger partial charge in [-0.25, -0.2) is 0 Å². The van der Waals surface area contributed by atoms with E-state index in [9.17, 15) is 39.6 Å². The summed E-state index contributed by atoms with van der Waals surface area (Å²) >= 11 is 0. The second-order valence-electron chi connectivity index (χ2n) is 12.0. The van der Waals surface area contributed by atoms with Crippen LogP contribution in [0.15, 0.2) is 121 Å². The van der Waals surface area contributed by atoms with E-state index in [0.29, 0.717) is 0 Å². The number of phenols is 4. The van der Waals surface area contributed by atoms with Crippen molar-refractivity contribution in [2.45, 2.75) is 38.0 Å². The van der Waals surface area contributed by atoms with Gasteiger partial charge in [0, 0.05) is 25.9 Å². The standard InChI is InChI=1S/C40H38N4O8/c45-33-15-7-13-29(35(33)47)37(49)43-31(21-25-9-3-1-4-10-25)39(51)41-23-27-17-19-28(20-18-27)24-42-40(52)32(22-26-11-5-2-6-12-26)44-38(50)30-14-8-16-34(46)36(30)48/h1-20,31-32,45-48H,21-24H2,(H,41,51)(H,42,52)(H,43,49)(H,44,50)/t31-,32-/m0/s1. The van der Waals surface area contributed by atoms with Crippen molar-refractivity contribution in [1.82, 2.24) is 21.3 Å². The Morgan fingerprint density at radius 3 is 1.17 bits per heavy atom. The minimum Gasteiger partial charge on any atom is -0.504 e. The SMILES string of the molecule is O=C(N[C@@H](Cc1ccccc1)C(=O)NCc1ccc(CNC(=O)[C@H](Cc2ccccc2)NC(=O)c2cccc(O)c2O)cc1)c1cccc(O)c1O. The smallest absolute Gasteiger partial charge is 0.255 e. The van der Waals surface area contributed by atoms with Crippen LogP contribution in [0, 0.1) is 0 Å². The van der Waals surface area contributed by atoms with E-state index in [1.54, 1.807) is 24.3 Å². The number of hydrogen-bond donors (Lipinski definition) is 8. The molecule has 0 aromatic heterocycles. The highest BCUT2D eigenvalue weighted by Crippen LogP contribution is 2.29. The first-order valence-electron chi connectivity index (χ1n) is 16.4. The number of carbonyl (C=O) groups excluding carboxylic acids is 4. The van der Waals surface area contributed by atoms with Crippen molar-refractivity contribution in [2.75, 3.05) is 0 Å². The minimum absolute atomic E-state index is 0.136. The molecule has 0 saturated heterocycles. The van der Waals surface area contributed by atoms with Gasteiger partial charge in [0.05, 0.1) is 11.1 Å². The first-order chi connectivity index (χ1) is 25.1. The highest BCUT2D eigenvalue weighted by atomic mass is 16.3. The summed E-state index contributed by atoms with van der Waals surface area (Å²) < 4.78 is 0. The van der Waals surface area contributed by atoms with Crippen LogP contribution in [-0.4, -0.2) is 56.1 Å². The van der Waals surface area contributed by atoms with Crippen molar-refractivity contribution < 1.29 is 39.6 Å². The summed E-state index contributed by atoms with van der Waals surface area (Å²) in [5.41, 5.74) is 2.77. The van der Waals surface area contributed by atoms with Gasteiger partial charge in [-0.3, -0.25) is 19.2 Å². The lowest BCUT2D eigenvalue weighted by molar-refractivity contribution is -0.123. The molecule has 5 rings (SSSR count). The average molecular weight is 703 g/mol. The molecule has 266 valence electrons. The van der Waals surface area contributed by atoms with Crippen LogP contribution in [0.3, 0.4) is 0 Å². The molecule has 0 bridgehead atoms. The number of phenolic OH excluding ortho intramolecular Hbond substituents is 4. The van der Waals surface area contributed by atoms with E-state index in [-0.39, 0.29) is 37.1 Å². The second kappa shape index (κ2) is 17.2. The predicted octanol–water partition coefficient (Wildman–Crippen LogP) is 3.82. The van der Waals surface area contributed by atoms with Crippen LogP contribution >= 0.6 is 0 Å². The molecule has 0 spiro atoms. The Bertz CT molecular complexity index is 1880. The fourth-order valence-electron chi connectivity index (χ4n) is 5.42. The summed E-state index contributed by atoms with van der Waals surface area (Å²) in [4.78, 5) is 52.7. The van der Waals surface area contributed by atoms with Gasteiger partial charge < -0.3 is 41.7 Å². The molecule has 5 aromatic rings. The molecule has 0 unspecified atom stereocenters. The van der Waals surface area contributed by atoms with Crippen molar-refractivity contribution in [3.8, 4) is 23.0 Å². The monoisotopic (exact) mass is 702 g/mol. The van der Waals surface area contributed by atoms with Crippen molar-refractivity contribution in [1.29, 1.82) is 0 Å². The topological polar surface area (TPSA) is 197 Å². The molecule has 0 heterocycles. The van der Waals surface area contributed by atoms with Gasteiger partial charge in [-0.2, -0.15) is 0 Å². The number of carbonyl (C=O) groups is 4. The van der Waals surface area contributed by atoms with Crippen LogP contribution < -0.4 is 21.3 Å². The van der Waals surface area contributed by atoms with Crippen molar-refractivity contribution >= 4 is 23.6 Å². The van der Waals surface area contributed by atoms with E-state index >= 15 is 0 Å². The minimum atomic E-state index is -0.994. The fourth-order valence-corrected chi connectivity index (χ4v) is 5.42. The number of para-hydroxylation sites is 2. The van der Waals surface area contributed by atoms with E-state index in [2.05, 4.69) is 21.3 Å². The lowest BCUT2D eigenvalue weighted by Gasteiger charge is -2.20. The molecule has 0 radical (unpaired) electrons. The number of rotatable bonds is 14. The van der Waals surface area contributed by atoms with Gasteiger partial charge in [0.2, 0.25) is 11.8 Å². The van der Waals surface area contributed by atoms with Crippen LogP contribution in [0.5, 0.6) is 23.0 Å². The molecule has 0 aliphatic carbocycles. The van der Waals surface area contributed by atoms with E-state index in [1.807, 2.05) is 60.7 Å². The summed E-state index contributed by atoms with van der Waals surface area (Å²) in [6.45, 7) is 0.272. The molecule has 0 saturated carbocycles. The summed E-state index contributed by atoms with van der Waals surface area (Å²) in [7, 11) is 0. The quantitative estimate of drug-likeness (QED) is 0.0799. The third-order valence-electron chi connectivity index (χ3n) is 8.28. The van der Waals surface area contributed by atoms with Crippen molar-refractivity contribution in [2.24, 2.45) is 0 Å². The lowest BCUT2D eigenvalue weighted by Crippen LogP contribution is -2.48. The first-order valence-corrected chi connectivity index (χ1v) is 16.4. The number of benzene rings is 5. The first kappa shape index (κ1) is 36.5. The molecule has 8 N–H and O–H groups in total. The molecule has 0 fully saturated rings. The molecule has 52 heavy (non-hydrogen) atoms. The molecule has 12 nitrogen and oxygen atoms in total. The molecule has 4 amide bonds. The summed E-state index contributed by atoms with van der Waals surface area (Å²) in [5.74, 6) is -4.44. The molecule has 2 atom stereocenters. The fraction of sp³-hybridized carbons (Fsp3) is 0.150. The zero-order chi connectivity index (χ0) is 37.0. The Kier molecular flexibility index (Phi) is 12.1. The molecule has 0 aliphatic rings. The van der Waals surface area contributed by atoms with Crippen LogP contribution in [0.25, 0.3) is 0 Å². The van der Waals surface area contributed by atoms with Gasteiger partial charge in [0.25, 0.3) is 11.8 Å². The molecule has 5 aromatic carbocycles. The Labute approximate surface area is 299 Å². The molecular weight excluding hydrogens is 664 g/mol. The zero-order valence-corrected chi connectivity index (χ0v) is 28.0. The number of amides is 4. The van der Waals surface area contributed by atoms with Gasteiger partial charge in [-0.1, -0.05) is 97.1 Å². The number of aromatic hydroxyl groups is 4. The number of hydrogen-bond acceptors (Lipinski definition) is 8. The maximum atomic E-state index is 13.3. The molecule has 0 aliphatic heterocycles. The normalized spacial score (nSPS) is 11.8. The van der Waals surface area contributed by atoms with E-state index < -0.39 is 58.7 Å². The van der Waals surface area contributed by atoms with Crippen LogP contribution in [0.1, 0.15) is 43.0 Å². The van der Waals surface area contributed by atoms with Crippen molar-refractivity contribution in [3.63, 3.8) is 0 Å². The van der Waals surface area contributed by atoms with Gasteiger partial charge in [0.1, 0.15) is 12.1 Å². The highest BCUT2D eigenvalue weighted by Gasteiger charge is 2.25. The van der Waals surface area contributed by atoms with Gasteiger partial charge in [-0.15, -0.1) is 0 Å². The molecular formula is C40H38N4O8.